The van der Waals surface area contributed by atoms with Crippen LogP contribution in [0.5, 0.6) is 0 Å². The lowest BCUT2D eigenvalue weighted by Crippen LogP contribution is -2.37. The van der Waals surface area contributed by atoms with E-state index in [-0.39, 0.29) is 5.91 Å². The second kappa shape index (κ2) is 6.21. The second-order valence-electron chi connectivity index (χ2n) is 4.89. The maximum atomic E-state index is 12.2. The number of nitrogens with one attached hydrogen (secondary N) is 3. The van der Waals surface area contributed by atoms with E-state index >= 15 is 0 Å². The Hall–Kier alpha value is -2.96. The van der Waals surface area contributed by atoms with E-state index in [4.69, 9.17) is 0 Å². The number of H-pyrrole nitrogens is 1. The lowest BCUT2D eigenvalue weighted by Gasteiger charge is -2.14. The number of amides is 1. The van der Waals surface area contributed by atoms with Gasteiger partial charge < -0.3 is 15.6 Å². The summed E-state index contributed by atoms with van der Waals surface area (Å²) in [6, 6.07) is 9.34. The normalized spacial score (nSPS) is 12.0. The largest absolute Gasteiger partial charge is 0.357 e. The minimum atomic E-state index is -0.426. The molecule has 1 amide bonds. The van der Waals surface area contributed by atoms with Gasteiger partial charge in [0.05, 0.1) is 6.33 Å². The Balaban J connectivity index is 1.63. The molecule has 0 saturated heterocycles. The van der Waals surface area contributed by atoms with Crippen molar-refractivity contribution in [2.75, 3.05) is 5.32 Å². The van der Waals surface area contributed by atoms with Crippen molar-refractivity contribution in [2.45, 2.75) is 19.5 Å². The average molecular weight is 296 g/mol. The van der Waals surface area contributed by atoms with Crippen LogP contribution in [0.15, 0.2) is 43.0 Å². The predicted octanol–water partition coefficient (Wildman–Crippen LogP) is 1.47. The Labute approximate surface area is 127 Å². The van der Waals surface area contributed by atoms with Crippen molar-refractivity contribution in [2.24, 2.45) is 0 Å². The number of aromatic amines is 1. The Bertz CT molecular complexity index is 770. The third-order valence-electron chi connectivity index (χ3n) is 3.28. The third kappa shape index (κ3) is 3.03. The molecular formula is C15H16N6O. The van der Waals surface area contributed by atoms with Crippen LogP contribution in [0.1, 0.15) is 12.5 Å². The van der Waals surface area contributed by atoms with Crippen LogP contribution in [0, 0.1) is 0 Å². The number of benzene rings is 1. The van der Waals surface area contributed by atoms with Gasteiger partial charge in [-0.05, 0) is 12.5 Å². The number of nitrogens with zero attached hydrogens (tertiary/aromatic N) is 3. The molecule has 0 fully saturated rings. The van der Waals surface area contributed by atoms with Gasteiger partial charge in [-0.25, -0.2) is 15.0 Å². The number of imidazole rings is 1. The van der Waals surface area contributed by atoms with Crippen molar-refractivity contribution in [3.63, 3.8) is 0 Å². The van der Waals surface area contributed by atoms with E-state index in [1.54, 1.807) is 13.3 Å². The standard InChI is InChI=1S/C15H16N6O/c1-10(15(22)16-7-11-5-3-2-4-6-11)21-14-12-13(18-8-17-12)19-9-20-14/h2-6,8-10H,7H2,1H3,(H,16,22)(H2,17,18,19,20,21). The first kappa shape index (κ1) is 14.0. The molecule has 7 nitrogen and oxygen atoms in total. The van der Waals surface area contributed by atoms with Crippen LogP contribution >= 0.6 is 0 Å². The molecule has 3 N–H and O–H groups in total. The SMILES string of the molecule is CC(Nc1ncnc2nc[nH]c12)C(=O)NCc1ccccc1. The predicted molar refractivity (Wildman–Crippen MR) is 83.1 cm³/mol. The number of hydrogen-bond donors (Lipinski definition) is 3. The number of aromatic nitrogens is 4. The summed E-state index contributed by atoms with van der Waals surface area (Å²) in [5.41, 5.74) is 2.31. The van der Waals surface area contributed by atoms with Crippen LogP contribution in [0.25, 0.3) is 11.2 Å². The Morgan fingerprint density at radius 1 is 1.23 bits per heavy atom. The molecule has 0 aliphatic heterocycles. The van der Waals surface area contributed by atoms with Gasteiger partial charge in [0.15, 0.2) is 11.5 Å². The molecular weight excluding hydrogens is 280 g/mol. The molecule has 2 aromatic heterocycles. The molecule has 2 heterocycles. The maximum Gasteiger partial charge on any atom is 0.242 e. The zero-order chi connectivity index (χ0) is 15.4. The number of hydrogen-bond acceptors (Lipinski definition) is 5. The average Bonchev–Trinajstić information content (AvgIpc) is 3.03. The highest BCUT2D eigenvalue weighted by atomic mass is 16.2. The van der Waals surface area contributed by atoms with Crippen LogP contribution in [-0.4, -0.2) is 31.9 Å². The van der Waals surface area contributed by atoms with Crippen LogP contribution in [0.3, 0.4) is 0 Å². The zero-order valence-electron chi connectivity index (χ0n) is 12.1. The monoisotopic (exact) mass is 296 g/mol. The number of rotatable bonds is 5. The minimum absolute atomic E-state index is 0.102. The quantitative estimate of drug-likeness (QED) is 0.662. The molecule has 1 unspecified atom stereocenters. The van der Waals surface area contributed by atoms with Crippen molar-refractivity contribution < 1.29 is 4.79 Å². The van der Waals surface area contributed by atoms with Crippen LogP contribution in [0.2, 0.25) is 0 Å². The van der Waals surface area contributed by atoms with Gasteiger partial charge in [0, 0.05) is 6.54 Å². The van der Waals surface area contributed by atoms with Gasteiger partial charge in [-0.1, -0.05) is 30.3 Å². The maximum absolute atomic E-state index is 12.2. The topological polar surface area (TPSA) is 95.6 Å². The summed E-state index contributed by atoms with van der Waals surface area (Å²) in [4.78, 5) is 27.4. The first-order chi connectivity index (χ1) is 10.7. The van der Waals surface area contributed by atoms with Gasteiger partial charge >= 0.3 is 0 Å². The fourth-order valence-electron chi connectivity index (χ4n) is 2.08. The molecule has 1 aromatic carbocycles. The smallest absolute Gasteiger partial charge is 0.242 e. The number of anilines is 1. The molecule has 3 rings (SSSR count). The van der Waals surface area contributed by atoms with E-state index in [2.05, 4.69) is 30.6 Å². The van der Waals surface area contributed by atoms with Crippen molar-refractivity contribution in [1.29, 1.82) is 0 Å². The summed E-state index contributed by atoms with van der Waals surface area (Å²) in [7, 11) is 0. The van der Waals surface area contributed by atoms with Gasteiger partial charge in [0.2, 0.25) is 5.91 Å². The molecule has 0 bridgehead atoms. The van der Waals surface area contributed by atoms with E-state index < -0.39 is 6.04 Å². The molecule has 1 atom stereocenters. The molecule has 7 heteroatoms. The van der Waals surface area contributed by atoms with Crippen molar-refractivity contribution in [3.05, 3.63) is 48.5 Å². The van der Waals surface area contributed by atoms with Gasteiger partial charge in [0.1, 0.15) is 17.9 Å². The van der Waals surface area contributed by atoms with Crippen molar-refractivity contribution in [3.8, 4) is 0 Å². The summed E-state index contributed by atoms with van der Waals surface area (Å²) in [5, 5.41) is 5.96. The summed E-state index contributed by atoms with van der Waals surface area (Å²) >= 11 is 0. The van der Waals surface area contributed by atoms with Gasteiger partial charge in [-0.2, -0.15) is 0 Å². The zero-order valence-corrected chi connectivity index (χ0v) is 12.1. The molecule has 0 radical (unpaired) electrons. The lowest BCUT2D eigenvalue weighted by atomic mass is 10.2. The molecule has 22 heavy (non-hydrogen) atoms. The van der Waals surface area contributed by atoms with Crippen molar-refractivity contribution in [1.82, 2.24) is 25.3 Å². The first-order valence-electron chi connectivity index (χ1n) is 6.96. The minimum Gasteiger partial charge on any atom is -0.357 e. The van der Waals surface area contributed by atoms with Crippen LogP contribution in [-0.2, 0) is 11.3 Å². The Kier molecular flexibility index (Phi) is 3.95. The molecule has 0 aliphatic carbocycles. The fourth-order valence-corrected chi connectivity index (χ4v) is 2.08. The number of carbonyl (C=O) groups excluding carboxylic acids is 1. The molecule has 3 aromatic rings. The highest BCUT2D eigenvalue weighted by Crippen LogP contribution is 2.15. The van der Waals surface area contributed by atoms with E-state index in [9.17, 15) is 4.79 Å². The second-order valence-corrected chi connectivity index (χ2v) is 4.89. The fraction of sp³-hybridized carbons (Fsp3) is 0.200. The van der Waals surface area contributed by atoms with Crippen molar-refractivity contribution >= 4 is 22.9 Å². The number of carbonyl (C=O) groups is 1. The molecule has 0 spiro atoms. The van der Waals surface area contributed by atoms with E-state index in [0.29, 0.717) is 23.5 Å². The third-order valence-corrected chi connectivity index (χ3v) is 3.28. The van der Waals surface area contributed by atoms with Gasteiger partial charge in [0.25, 0.3) is 0 Å². The van der Waals surface area contributed by atoms with Gasteiger partial charge in [-0.3, -0.25) is 4.79 Å². The Morgan fingerprint density at radius 2 is 2.05 bits per heavy atom. The Morgan fingerprint density at radius 3 is 2.86 bits per heavy atom. The van der Waals surface area contributed by atoms with E-state index in [0.717, 1.165) is 5.56 Å². The highest BCUT2D eigenvalue weighted by Gasteiger charge is 2.15. The summed E-state index contributed by atoms with van der Waals surface area (Å²) in [6.45, 7) is 2.28. The number of fused-ring (bicyclic) bond motifs is 1. The summed E-state index contributed by atoms with van der Waals surface area (Å²) < 4.78 is 0. The molecule has 112 valence electrons. The molecule has 0 aliphatic rings. The van der Waals surface area contributed by atoms with Crippen LogP contribution < -0.4 is 10.6 Å². The van der Waals surface area contributed by atoms with Crippen LogP contribution in [0.4, 0.5) is 5.82 Å². The lowest BCUT2D eigenvalue weighted by molar-refractivity contribution is -0.121. The van der Waals surface area contributed by atoms with E-state index in [1.807, 2.05) is 30.3 Å². The first-order valence-corrected chi connectivity index (χ1v) is 6.96. The summed E-state index contributed by atoms with van der Waals surface area (Å²) in [5.74, 6) is 0.458. The highest BCUT2D eigenvalue weighted by molar-refractivity contribution is 5.88. The van der Waals surface area contributed by atoms with E-state index in [1.165, 1.54) is 6.33 Å². The summed E-state index contributed by atoms with van der Waals surface area (Å²) in [6.07, 6.45) is 2.96. The molecule has 0 saturated carbocycles. The van der Waals surface area contributed by atoms with Gasteiger partial charge in [-0.15, -0.1) is 0 Å².